The van der Waals surface area contributed by atoms with Crippen LogP contribution in [0.5, 0.6) is 0 Å². The summed E-state index contributed by atoms with van der Waals surface area (Å²) < 4.78 is 5.11. The van der Waals surface area contributed by atoms with Gasteiger partial charge in [-0.1, -0.05) is 6.92 Å². The minimum Gasteiger partial charge on any atom is -0.385 e. The van der Waals surface area contributed by atoms with Crippen molar-refractivity contribution in [2.24, 2.45) is 4.99 Å². The maximum atomic E-state index is 5.11. The summed E-state index contributed by atoms with van der Waals surface area (Å²) in [5.74, 6) is 0.928. The molecule has 0 saturated carbocycles. The van der Waals surface area contributed by atoms with Gasteiger partial charge in [-0.15, -0.1) is 24.0 Å². The second kappa shape index (κ2) is 16.8. The average Bonchev–Trinajstić information content (AvgIpc) is 2.66. The van der Waals surface area contributed by atoms with Crippen LogP contribution in [0.2, 0.25) is 0 Å². The largest absolute Gasteiger partial charge is 0.385 e. The molecule has 162 valence electrons. The molecule has 1 rings (SSSR count). The van der Waals surface area contributed by atoms with Gasteiger partial charge in [-0.3, -0.25) is 9.89 Å². The number of hydrogen-bond acceptors (Lipinski definition) is 5. The van der Waals surface area contributed by atoms with E-state index in [1.807, 2.05) is 0 Å². The summed E-state index contributed by atoms with van der Waals surface area (Å²) in [4.78, 5) is 12.2. The highest BCUT2D eigenvalue weighted by molar-refractivity contribution is 14.0. The van der Waals surface area contributed by atoms with Crippen molar-refractivity contribution in [3.8, 4) is 0 Å². The van der Waals surface area contributed by atoms with Crippen molar-refractivity contribution in [2.75, 3.05) is 86.2 Å². The van der Waals surface area contributed by atoms with Crippen LogP contribution >= 0.6 is 24.0 Å². The number of piperazine rings is 1. The third kappa shape index (κ3) is 12.1. The number of aliphatic imine (C=N–C) groups is 1. The third-order valence-electron chi connectivity index (χ3n) is 5.01. The first kappa shape index (κ1) is 26.8. The van der Waals surface area contributed by atoms with Crippen molar-refractivity contribution < 1.29 is 4.74 Å². The van der Waals surface area contributed by atoms with Gasteiger partial charge in [0.1, 0.15) is 0 Å². The van der Waals surface area contributed by atoms with E-state index in [2.05, 4.69) is 53.2 Å². The highest BCUT2D eigenvalue weighted by Gasteiger charge is 2.19. The summed E-state index contributed by atoms with van der Waals surface area (Å²) in [6.45, 7) is 18.0. The molecular weight excluding hydrogens is 455 g/mol. The molecule has 0 aromatic rings. The van der Waals surface area contributed by atoms with E-state index in [1.54, 1.807) is 7.11 Å². The van der Waals surface area contributed by atoms with E-state index in [0.717, 1.165) is 71.3 Å². The fourth-order valence-corrected chi connectivity index (χ4v) is 3.16. The van der Waals surface area contributed by atoms with Gasteiger partial charge in [-0.05, 0) is 33.9 Å². The van der Waals surface area contributed by atoms with Gasteiger partial charge in [0.05, 0.1) is 6.54 Å². The summed E-state index contributed by atoms with van der Waals surface area (Å²) in [6, 6.07) is 0.487. The molecule has 0 spiro atoms. The maximum Gasteiger partial charge on any atom is 0.191 e. The Bertz CT molecular complexity index is 377. The molecule has 2 N–H and O–H groups in total. The van der Waals surface area contributed by atoms with E-state index in [1.165, 1.54) is 13.1 Å². The number of guanidine groups is 1. The van der Waals surface area contributed by atoms with Crippen molar-refractivity contribution in [1.82, 2.24) is 25.3 Å². The Kier molecular flexibility index (Phi) is 16.7. The van der Waals surface area contributed by atoms with Gasteiger partial charge in [-0.2, -0.15) is 0 Å². The molecule has 0 aromatic heterocycles. The van der Waals surface area contributed by atoms with Gasteiger partial charge in [0.15, 0.2) is 5.96 Å². The topological polar surface area (TPSA) is 55.4 Å². The van der Waals surface area contributed by atoms with Crippen LogP contribution in [0.3, 0.4) is 0 Å². The molecule has 1 aliphatic rings. The predicted molar refractivity (Wildman–Crippen MR) is 127 cm³/mol. The monoisotopic (exact) mass is 498 g/mol. The van der Waals surface area contributed by atoms with Gasteiger partial charge >= 0.3 is 0 Å². The van der Waals surface area contributed by atoms with Crippen LogP contribution in [0.15, 0.2) is 4.99 Å². The van der Waals surface area contributed by atoms with Gasteiger partial charge in [0.25, 0.3) is 0 Å². The first-order valence-corrected chi connectivity index (χ1v) is 10.3. The summed E-state index contributed by atoms with van der Waals surface area (Å²) in [6.07, 6.45) is 1.07. The van der Waals surface area contributed by atoms with E-state index in [-0.39, 0.29) is 24.0 Å². The zero-order valence-corrected chi connectivity index (χ0v) is 20.5. The molecule has 0 aromatic carbocycles. The zero-order valence-electron chi connectivity index (χ0n) is 18.2. The van der Waals surface area contributed by atoms with Crippen molar-refractivity contribution >= 4 is 29.9 Å². The smallest absolute Gasteiger partial charge is 0.191 e. The van der Waals surface area contributed by atoms with Gasteiger partial charge in [0, 0.05) is 72.1 Å². The molecule has 0 amide bonds. The quantitative estimate of drug-likeness (QED) is 0.182. The first-order chi connectivity index (χ1) is 12.6. The fourth-order valence-electron chi connectivity index (χ4n) is 3.16. The molecule has 1 aliphatic heterocycles. The van der Waals surface area contributed by atoms with Crippen LogP contribution < -0.4 is 10.6 Å². The Morgan fingerprint density at radius 1 is 1.15 bits per heavy atom. The molecule has 0 radical (unpaired) electrons. The molecule has 0 bridgehead atoms. The van der Waals surface area contributed by atoms with E-state index < -0.39 is 0 Å². The van der Waals surface area contributed by atoms with Crippen LogP contribution in [-0.2, 0) is 4.74 Å². The van der Waals surface area contributed by atoms with Gasteiger partial charge < -0.3 is 25.2 Å². The van der Waals surface area contributed by atoms with Crippen LogP contribution in [-0.4, -0.2) is 113 Å². The highest BCUT2D eigenvalue weighted by atomic mass is 127. The van der Waals surface area contributed by atoms with Crippen molar-refractivity contribution in [1.29, 1.82) is 0 Å². The second-order valence-corrected chi connectivity index (χ2v) is 7.12. The standard InChI is InChI=1S/C19H42N6O.HI/c1-6-20-19(21-9-11-23(4)10-8-16-26-5)22-17-18(3)25-14-12-24(7-2)13-15-25;/h18H,6-17H2,1-5H3,(H2,20,21,22);1H. The van der Waals surface area contributed by atoms with E-state index >= 15 is 0 Å². The lowest BCUT2D eigenvalue weighted by molar-refractivity contribution is 0.109. The van der Waals surface area contributed by atoms with Crippen LogP contribution in [0.1, 0.15) is 27.2 Å². The number of methoxy groups -OCH3 is 1. The molecular formula is C19H43IN6O. The van der Waals surface area contributed by atoms with Crippen LogP contribution in [0, 0.1) is 0 Å². The lowest BCUT2D eigenvalue weighted by Gasteiger charge is -2.37. The Morgan fingerprint density at radius 3 is 2.44 bits per heavy atom. The third-order valence-corrected chi connectivity index (χ3v) is 5.01. The summed E-state index contributed by atoms with van der Waals surface area (Å²) >= 11 is 0. The van der Waals surface area contributed by atoms with E-state index in [4.69, 9.17) is 9.73 Å². The number of likely N-dealkylation sites (N-methyl/N-ethyl adjacent to an activating group) is 2. The number of ether oxygens (including phenoxy) is 1. The minimum absolute atomic E-state index is 0. The van der Waals surface area contributed by atoms with Crippen molar-refractivity contribution in [3.63, 3.8) is 0 Å². The highest BCUT2D eigenvalue weighted by Crippen LogP contribution is 2.06. The number of rotatable bonds is 12. The summed E-state index contributed by atoms with van der Waals surface area (Å²) in [7, 11) is 3.91. The van der Waals surface area contributed by atoms with Gasteiger partial charge in [0.2, 0.25) is 0 Å². The normalized spacial score (nSPS) is 17.6. The molecule has 27 heavy (non-hydrogen) atoms. The number of nitrogens with zero attached hydrogens (tertiary/aromatic N) is 4. The first-order valence-electron chi connectivity index (χ1n) is 10.3. The Labute approximate surface area is 184 Å². The minimum atomic E-state index is 0. The number of halogens is 1. The molecule has 1 fully saturated rings. The average molecular weight is 498 g/mol. The molecule has 1 heterocycles. The zero-order chi connectivity index (χ0) is 19.2. The lowest BCUT2D eigenvalue weighted by atomic mass is 10.2. The molecule has 1 atom stereocenters. The molecule has 0 aliphatic carbocycles. The van der Waals surface area contributed by atoms with E-state index in [9.17, 15) is 0 Å². The Hall–Kier alpha value is -0.160. The number of hydrogen-bond donors (Lipinski definition) is 2. The van der Waals surface area contributed by atoms with Crippen molar-refractivity contribution in [3.05, 3.63) is 0 Å². The van der Waals surface area contributed by atoms with Crippen LogP contribution in [0.4, 0.5) is 0 Å². The predicted octanol–water partition coefficient (Wildman–Crippen LogP) is 1.15. The molecule has 8 heteroatoms. The second-order valence-electron chi connectivity index (χ2n) is 7.12. The summed E-state index contributed by atoms with van der Waals surface area (Å²) in [5.41, 5.74) is 0. The van der Waals surface area contributed by atoms with E-state index in [0.29, 0.717) is 6.04 Å². The summed E-state index contributed by atoms with van der Waals surface area (Å²) in [5, 5.41) is 6.81. The van der Waals surface area contributed by atoms with Crippen molar-refractivity contribution in [2.45, 2.75) is 33.2 Å². The van der Waals surface area contributed by atoms with Crippen LogP contribution in [0.25, 0.3) is 0 Å². The SMILES string of the molecule is CCNC(=NCC(C)N1CCN(CC)CC1)NCCN(C)CCCOC.I. The Morgan fingerprint density at radius 2 is 1.85 bits per heavy atom. The molecule has 1 saturated heterocycles. The van der Waals surface area contributed by atoms with Gasteiger partial charge in [-0.25, -0.2) is 0 Å². The lowest BCUT2D eigenvalue weighted by Crippen LogP contribution is -2.50. The maximum absolute atomic E-state index is 5.11. The number of nitrogens with one attached hydrogen (secondary N) is 2. The Balaban J connectivity index is 0.00000676. The fraction of sp³-hybridized carbons (Fsp3) is 0.947. The molecule has 1 unspecified atom stereocenters. The molecule has 7 nitrogen and oxygen atoms in total.